The molecule has 0 radical (unpaired) electrons. The normalized spacial score (nSPS) is 15.4. The molecule has 0 spiro atoms. The third-order valence-electron chi connectivity index (χ3n) is 6.05. The first-order valence-corrected chi connectivity index (χ1v) is 11.1. The summed E-state index contributed by atoms with van der Waals surface area (Å²) >= 11 is 0. The molecule has 174 valence electrons. The highest BCUT2D eigenvalue weighted by Crippen LogP contribution is 2.36. The zero-order valence-corrected chi connectivity index (χ0v) is 19.1. The van der Waals surface area contributed by atoms with Gasteiger partial charge >= 0.3 is 0 Å². The van der Waals surface area contributed by atoms with E-state index in [1.165, 1.54) is 18.2 Å². The Labute approximate surface area is 198 Å². The van der Waals surface area contributed by atoms with E-state index in [0.717, 1.165) is 24.1 Å². The van der Waals surface area contributed by atoms with Crippen molar-refractivity contribution in [1.82, 2.24) is 4.90 Å². The predicted octanol–water partition coefficient (Wildman–Crippen LogP) is 4.89. The third kappa shape index (κ3) is 4.67. The molecule has 34 heavy (non-hydrogen) atoms. The van der Waals surface area contributed by atoms with Crippen molar-refractivity contribution in [3.8, 4) is 0 Å². The molecular formula is C26H26N4O4. The number of nitro groups is 1. The van der Waals surface area contributed by atoms with Gasteiger partial charge in [0.2, 0.25) is 0 Å². The molecule has 1 N–H and O–H groups in total. The number of nitrogens with zero attached hydrogens (tertiary/aromatic N) is 3. The summed E-state index contributed by atoms with van der Waals surface area (Å²) in [7, 11) is 4.10. The van der Waals surface area contributed by atoms with E-state index in [1.807, 2.05) is 23.1 Å². The molecule has 0 saturated carbocycles. The Kier molecular flexibility index (Phi) is 6.70. The summed E-state index contributed by atoms with van der Waals surface area (Å²) in [6.45, 7) is 0.621. The van der Waals surface area contributed by atoms with Crippen LogP contribution in [0.1, 0.15) is 45.2 Å². The van der Waals surface area contributed by atoms with Crippen LogP contribution in [0.4, 0.5) is 17.1 Å². The predicted molar refractivity (Wildman–Crippen MR) is 131 cm³/mol. The van der Waals surface area contributed by atoms with Crippen LogP contribution in [0.2, 0.25) is 0 Å². The standard InChI is InChI=1S/C26H26N4O4/c1-28(2)22-12-7-17-29(23-10-5-3-8-20(22)23)26(32)18-13-15-19(16-14-18)27-25(31)21-9-4-6-11-24(21)30(33)34/h3-6,8-11,13-16,22H,7,12,17H2,1-2H3,(H,27,31). The van der Waals surface area contributed by atoms with E-state index in [2.05, 4.69) is 30.4 Å². The first-order valence-electron chi connectivity index (χ1n) is 11.1. The Morgan fingerprint density at radius 1 is 1.00 bits per heavy atom. The summed E-state index contributed by atoms with van der Waals surface area (Å²) in [6.07, 6.45) is 1.84. The van der Waals surface area contributed by atoms with E-state index in [9.17, 15) is 19.7 Å². The van der Waals surface area contributed by atoms with Gasteiger partial charge in [-0.15, -0.1) is 0 Å². The van der Waals surface area contributed by atoms with Gasteiger partial charge in [0.1, 0.15) is 5.56 Å². The van der Waals surface area contributed by atoms with Crippen molar-refractivity contribution in [2.24, 2.45) is 0 Å². The molecule has 1 aliphatic rings. The van der Waals surface area contributed by atoms with Crippen molar-refractivity contribution in [2.45, 2.75) is 18.9 Å². The summed E-state index contributed by atoms with van der Waals surface area (Å²) in [5, 5.41) is 13.9. The zero-order valence-electron chi connectivity index (χ0n) is 19.1. The number of benzene rings is 3. The summed E-state index contributed by atoms with van der Waals surface area (Å²) in [5.74, 6) is -0.689. The first kappa shape index (κ1) is 23.1. The molecule has 1 heterocycles. The molecule has 1 unspecified atom stereocenters. The lowest BCUT2D eigenvalue weighted by molar-refractivity contribution is -0.385. The van der Waals surface area contributed by atoms with Crippen molar-refractivity contribution in [2.75, 3.05) is 30.9 Å². The quantitative estimate of drug-likeness (QED) is 0.434. The van der Waals surface area contributed by atoms with Crippen LogP contribution < -0.4 is 10.2 Å². The monoisotopic (exact) mass is 458 g/mol. The maximum absolute atomic E-state index is 13.4. The Balaban J connectivity index is 1.54. The summed E-state index contributed by atoms with van der Waals surface area (Å²) in [6, 6.07) is 20.6. The van der Waals surface area contributed by atoms with E-state index in [-0.39, 0.29) is 23.2 Å². The molecule has 8 heteroatoms. The Morgan fingerprint density at radius 3 is 2.38 bits per heavy atom. The molecule has 4 rings (SSSR count). The van der Waals surface area contributed by atoms with Crippen molar-refractivity contribution < 1.29 is 14.5 Å². The highest BCUT2D eigenvalue weighted by atomic mass is 16.6. The van der Waals surface area contributed by atoms with Crippen LogP contribution in [0.15, 0.2) is 72.8 Å². The minimum absolute atomic E-state index is 0.0238. The maximum Gasteiger partial charge on any atom is 0.282 e. The Morgan fingerprint density at radius 2 is 1.68 bits per heavy atom. The van der Waals surface area contributed by atoms with Crippen molar-refractivity contribution >= 4 is 28.9 Å². The molecule has 0 aromatic heterocycles. The van der Waals surface area contributed by atoms with Gasteiger partial charge < -0.3 is 15.1 Å². The van der Waals surface area contributed by atoms with E-state index >= 15 is 0 Å². The first-order chi connectivity index (χ1) is 16.4. The van der Waals surface area contributed by atoms with Crippen LogP contribution in [0.25, 0.3) is 0 Å². The van der Waals surface area contributed by atoms with Crippen LogP contribution >= 0.6 is 0 Å². The number of rotatable bonds is 5. The van der Waals surface area contributed by atoms with E-state index in [4.69, 9.17) is 0 Å². The number of nitro benzene ring substituents is 1. The van der Waals surface area contributed by atoms with Crippen molar-refractivity contribution in [3.05, 3.63) is 99.6 Å². The smallest absolute Gasteiger partial charge is 0.282 e. The topological polar surface area (TPSA) is 95.8 Å². The molecule has 1 atom stereocenters. The summed E-state index contributed by atoms with van der Waals surface area (Å²) < 4.78 is 0. The average molecular weight is 459 g/mol. The summed E-state index contributed by atoms with van der Waals surface area (Å²) in [4.78, 5) is 40.6. The fourth-order valence-corrected chi connectivity index (χ4v) is 4.36. The van der Waals surface area contributed by atoms with E-state index in [1.54, 1.807) is 30.3 Å². The molecule has 2 amide bonds. The Bertz CT molecular complexity index is 1220. The molecule has 0 fully saturated rings. The van der Waals surface area contributed by atoms with Gasteiger partial charge in [0.15, 0.2) is 0 Å². The van der Waals surface area contributed by atoms with Crippen molar-refractivity contribution in [3.63, 3.8) is 0 Å². The zero-order chi connectivity index (χ0) is 24.2. The fraction of sp³-hybridized carbons (Fsp3) is 0.231. The van der Waals surface area contributed by atoms with Gasteiger partial charge in [-0.2, -0.15) is 0 Å². The van der Waals surface area contributed by atoms with Gasteiger partial charge in [0, 0.05) is 35.6 Å². The van der Waals surface area contributed by atoms with Crippen LogP contribution in [0.5, 0.6) is 0 Å². The number of fused-ring (bicyclic) bond motifs is 1. The maximum atomic E-state index is 13.4. The van der Waals surface area contributed by atoms with Crippen LogP contribution in [0.3, 0.4) is 0 Å². The molecule has 8 nitrogen and oxygen atoms in total. The highest BCUT2D eigenvalue weighted by molar-refractivity contribution is 6.08. The number of carbonyl (C=O) groups is 2. The molecule has 0 bridgehead atoms. The average Bonchev–Trinajstić information content (AvgIpc) is 3.04. The van der Waals surface area contributed by atoms with Gasteiger partial charge in [-0.25, -0.2) is 0 Å². The lowest BCUT2D eigenvalue weighted by Crippen LogP contribution is -2.31. The van der Waals surface area contributed by atoms with Crippen molar-refractivity contribution in [1.29, 1.82) is 0 Å². The molecule has 0 saturated heterocycles. The SMILES string of the molecule is CN(C)C1CCCN(C(=O)c2ccc(NC(=O)c3ccccc3[N+](=O)[O-])cc2)c2ccccc21. The second-order valence-corrected chi connectivity index (χ2v) is 8.44. The molecule has 1 aliphatic heterocycles. The summed E-state index contributed by atoms with van der Waals surface area (Å²) in [5.41, 5.74) is 2.71. The van der Waals surface area contributed by atoms with Gasteiger partial charge in [-0.05, 0) is 68.9 Å². The van der Waals surface area contributed by atoms with Crippen LogP contribution in [-0.4, -0.2) is 42.3 Å². The number of nitrogens with one attached hydrogen (secondary N) is 1. The molecule has 0 aliphatic carbocycles. The second-order valence-electron chi connectivity index (χ2n) is 8.44. The largest absolute Gasteiger partial charge is 0.322 e. The molecule has 3 aromatic carbocycles. The Hall–Kier alpha value is -4.04. The number of amides is 2. The highest BCUT2D eigenvalue weighted by Gasteiger charge is 2.28. The molecular weight excluding hydrogens is 432 g/mol. The van der Waals surface area contributed by atoms with E-state index in [0.29, 0.717) is 17.8 Å². The van der Waals surface area contributed by atoms with Crippen LogP contribution in [-0.2, 0) is 0 Å². The van der Waals surface area contributed by atoms with Crippen LogP contribution in [0, 0.1) is 10.1 Å². The third-order valence-corrected chi connectivity index (χ3v) is 6.05. The number of para-hydroxylation sites is 2. The number of carbonyl (C=O) groups excluding carboxylic acids is 2. The fourth-order valence-electron chi connectivity index (χ4n) is 4.36. The van der Waals surface area contributed by atoms with Gasteiger partial charge in [0.05, 0.1) is 4.92 Å². The minimum atomic E-state index is -0.587. The van der Waals surface area contributed by atoms with Gasteiger partial charge in [0.25, 0.3) is 17.5 Å². The number of hydrogen-bond donors (Lipinski definition) is 1. The second kappa shape index (κ2) is 9.84. The number of anilines is 2. The van der Waals surface area contributed by atoms with E-state index < -0.39 is 10.8 Å². The minimum Gasteiger partial charge on any atom is -0.322 e. The lowest BCUT2D eigenvalue weighted by atomic mass is 10.0. The van der Waals surface area contributed by atoms with Gasteiger partial charge in [-0.1, -0.05) is 30.3 Å². The van der Waals surface area contributed by atoms with Gasteiger partial charge in [-0.3, -0.25) is 19.7 Å². The molecule has 3 aromatic rings. The number of hydrogen-bond acceptors (Lipinski definition) is 5. The lowest BCUT2D eigenvalue weighted by Gasteiger charge is -2.27.